The third-order valence-electron chi connectivity index (χ3n) is 5.61. The number of aromatic nitrogens is 2. The molecule has 132 valence electrons. The van der Waals surface area contributed by atoms with Gasteiger partial charge in [-0.05, 0) is 54.1 Å². The summed E-state index contributed by atoms with van der Waals surface area (Å²) in [7, 11) is 0. The predicted octanol–water partition coefficient (Wildman–Crippen LogP) is 6.29. The molecule has 3 aromatic heterocycles. The van der Waals surface area contributed by atoms with E-state index in [4.69, 9.17) is 7.16 Å². The minimum Gasteiger partial charge on any atom is -0.437 e. The summed E-state index contributed by atoms with van der Waals surface area (Å²) in [4.78, 5) is 8.97. The van der Waals surface area contributed by atoms with Crippen LogP contribution >= 0.6 is 0 Å². The molecule has 0 unspecified atom stereocenters. The normalized spacial score (nSPS) is 13.6. The number of aryl methyl sites for hydroxylation is 1. The van der Waals surface area contributed by atoms with Crippen LogP contribution in [0.1, 0.15) is 41.7 Å². The number of hydrogen-bond donors (Lipinski definition) is 0. The van der Waals surface area contributed by atoms with Gasteiger partial charge in [-0.15, -0.1) is 0 Å². The number of pyridine rings is 2. The minimum atomic E-state index is -1.13. The molecule has 4 aromatic rings. The molecule has 0 aliphatic rings. The number of furan rings is 1. The van der Waals surface area contributed by atoms with Crippen LogP contribution in [0.4, 0.5) is 0 Å². The Morgan fingerprint density at radius 3 is 2.69 bits per heavy atom. The van der Waals surface area contributed by atoms with E-state index in [2.05, 4.69) is 49.8 Å². The Kier molecular flexibility index (Phi) is 3.31. The summed E-state index contributed by atoms with van der Waals surface area (Å²) < 4.78 is 21.2. The first kappa shape index (κ1) is 14.5. The Balaban J connectivity index is 1.91. The second-order valence-corrected chi connectivity index (χ2v) is 7.68. The predicted molar refractivity (Wildman–Crippen MR) is 107 cm³/mol. The zero-order valence-corrected chi connectivity index (χ0v) is 15.6. The highest BCUT2D eigenvalue weighted by Gasteiger charge is 2.25. The molecule has 3 heteroatoms. The highest BCUT2D eigenvalue weighted by atomic mass is 16.3. The summed E-state index contributed by atoms with van der Waals surface area (Å²) in [5.41, 5.74) is 4.65. The summed E-state index contributed by atoms with van der Waals surface area (Å²) in [6.45, 7) is 7.84. The van der Waals surface area contributed by atoms with Crippen LogP contribution in [0.5, 0.6) is 0 Å². The van der Waals surface area contributed by atoms with E-state index >= 15 is 0 Å². The minimum absolute atomic E-state index is 0.0349. The van der Waals surface area contributed by atoms with Crippen molar-refractivity contribution in [3.05, 3.63) is 59.9 Å². The number of para-hydroxylation sites is 1. The summed E-state index contributed by atoms with van der Waals surface area (Å²) >= 11 is 0. The topological polar surface area (TPSA) is 38.9 Å². The van der Waals surface area contributed by atoms with Gasteiger partial charge in [0, 0.05) is 31.0 Å². The molecule has 0 amide bonds. The lowest BCUT2D eigenvalue weighted by Crippen LogP contribution is -2.24. The van der Waals surface area contributed by atoms with Gasteiger partial charge in [0.05, 0.1) is 5.69 Å². The molecule has 1 aromatic carbocycles. The van der Waals surface area contributed by atoms with E-state index in [0.29, 0.717) is 17.3 Å². The van der Waals surface area contributed by atoms with Gasteiger partial charge in [-0.25, -0.2) is 4.98 Å². The highest BCUT2D eigenvalue weighted by molar-refractivity contribution is 6.08. The maximum Gasteiger partial charge on any atom is 0.227 e. The molecule has 0 N–H and O–H groups in total. The molecule has 0 saturated heterocycles. The fraction of sp³-hybridized carbons (Fsp3) is 0.304. The second-order valence-electron chi connectivity index (χ2n) is 7.68. The molecule has 0 spiro atoms. The molecule has 0 atom stereocenters. The van der Waals surface area contributed by atoms with Gasteiger partial charge >= 0.3 is 0 Å². The number of benzene rings is 1. The van der Waals surface area contributed by atoms with Crippen LogP contribution in [0, 0.1) is 12.8 Å². The van der Waals surface area contributed by atoms with E-state index in [-0.39, 0.29) is 5.41 Å². The number of hydrogen-bond acceptors (Lipinski definition) is 3. The fourth-order valence-corrected chi connectivity index (χ4v) is 3.21. The van der Waals surface area contributed by atoms with E-state index in [1.165, 1.54) is 5.56 Å². The van der Waals surface area contributed by atoms with E-state index in [1.807, 2.05) is 30.5 Å². The van der Waals surface area contributed by atoms with Crippen molar-refractivity contribution >= 4 is 22.1 Å². The van der Waals surface area contributed by atoms with E-state index in [1.54, 1.807) is 6.07 Å². The largest absolute Gasteiger partial charge is 0.437 e. The van der Waals surface area contributed by atoms with Crippen LogP contribution in [0.3, 0.4) is 0 Å². The van der Waals surface area contributed by atoms with Crippen molar-refractivity contribution in [3.63, 3.8) is 0 Å². The van der Waals surface area contributed by atoms with Crippen LogP contribution in [0.25, 0.3) is 33.3 Å². The molecule has 26 heavy (non-hydrogen) atoms. The smallest absolute Gasteiger partial charge is 0.227 e. The number of nitrogens with zero attached hydrogens (tertiary/aromatic N) is 2. The highest BCUT2D eigenvalue weighted by Crippen LogP contribution is 2.37. The van der Waals surface area contributed by atoms with Crippen molar-refractivity contribution in [1.29, 1.82) is 0 Å². The molecule has 0 aliphatic carbocycles. The summed E-state index contributed by atoms with van der Waals surface area (Å²) in [5.74, 6) is 0.495. The van der Waals surface area contributed by atoms with Gasteiger partial charge in [-0.1, -0.05) is 39.8 Å². The van der Waals surface area contributed by atoms with Gasteiger partial charge in [0.2, 0.25) is 5.71 Å². The molecule has 3 heterocycles. The van der Waals surface area contributed by atoms with E-state index in [9.17, 15) is 0 Å². The lowest BCUT2D eigenvalue weighted by atomic mass is 9.75. The lowest BCUT2D eigenvalue weighted by molar-refractivity contribution is 0.372. The zero-order chi connectivity index (χ0) is 20.1. The summed E-state index contributed by atoms with van der Waals surface area (Å²) in [6, 6.07) is 13.8. The molecular weight excluding hydrogens is 320 g/mol. The quantitative estimate of drug-likeness (QED) is 0.438. The Morgan fingerprint density at radius 1 is 1.08 bits per heavy atom. The summed E-state index contributed by atoms with van der Waals surface area (Å²) in [5, 5.41) is 1.85. The average Bonchev–Trinajstić information content (AvgIpc) is 3.05. The molecule has 4 rings (SSSR count). The first-order chi connectivity index (χ1) is 13.3. The molecule has 3 nitrogen and oxygen atoms in total. The summed E-state index contributed by atoms with van der Waals surface area (Å²) in [6.07, 6.45) is 1.86. The van der Waals surface area contributed by atoms with Gasteiger partial charge in [0.1, 0.15) is 5.58 Å². The molecule has 0 fully saturated rings. The van der Waals surface area contributed by atoms with Crippen LogP contribution in [0.15, 0.2) is 53.1 Å². The number of fused-ring (bicyclic) bond motifs is 3. The van der Waals surface area contributed by atoms with Crippen LogP contribution in [-0.2, 0) is 5.41 Å². The van der Waals surface area contributed by atoms with Gasteiger partial charge in [0.15, 0.2) is 0 Å². The molecular formula is C23H24N2O. The Hall–Kier alpha value is -2.68. The molecule has 0 bridgehead atoms. The third-order valence-corrected chi connectivity index (χ3v) is 5.61. The van der Waals surface area contributed by atoms with Crippen LogP contribution in [-0.4, -0.2) is 9.97 Å². The van der Waals surface area contributed by atoms with Crippen molar-refractivity contribution in [2.75, 3.05) is 0 Å². The van der Waals surface area contributed by atoms with Crippen LogP contribution < -0.4 is 0 Å². The van der Waals surface area contributed by atoms with Gasteiger partial charge in [0.25, 0.3) is 0 Å². The van der Waals surface area contributed by atoms with Crippen molar-refractivity contribution in [3.8, 4) is 11.3 Å². The fourth-order valence-electron chi connectivity index (χ4n) is 3.21. The van der Waals surface area contributed by atoms with Gasteiger partial charge in [-0.2, -0.15) is 0 Å². The molecule has 0 aliphatic heterocycles. The zero-order valence-electron chi connectivity index (χ0n) is 17.6. The van der Waals surface area contributed by atoms with E-state index in [0.717, 1.165) is 27.6 Å². The van der Waals surface area contributed by atoms with Crippen molar-refractivity contribution < 1.29 is 7.16 Å². The molecule has 0 radical (unpaired) electrons. The number of rotatable bonds is 3. The standard InChI is InChI=1S/C23H24N2O/c1-14(2)23(4,5)16-11-12-24-20(13-16)19-8-6-7-17-18-10-9-15(3)25-22(18)26-21(17)19/h6-14H,1-5H3/i3D2. The SMILES string of the molecule is [2H]C([2H])c1ccc2c(n1)oc1c(-c3cc(C(C)(C)C(C)C)ccn3)cccc12. The van der Waals surface area contributed by atoms with Gasteiger partial charge in [-0.3, -0.25) is 4.98 Å². The van der Waals surface area contributed by atoms with Gasteiger partial charge < -0.3 is 4.42 Å². The maximum atomic E-state index is 7.57. The van der Waals surface area contributed by atoms with Crippen molar-refractivity contribution in [2.24, 2.45) is 5.92 Å². The average molecular weight is 346 g/mol. The Morgan fingerprint density at radius 2 is 1.92 bits per heavy atom. The monoisotopic (exact) mass is 346 g/mol. The maximum absolute atomic E-state index is 7.57. The van der Waals surface area contributed by atoms with Crippen LogP contribution in [0.2, 0.25) is 0 Å². The molecule has 0 saturated carbocycles. The lowest BCUT2D eigenvalue weighted by Gasteiger charge is -2.30. The Labute approximate surface area is 156 Å². The first-order valence-electron chi connectivity index (χ1n) is 10.1. The first-order valence-corrected chi connectivity index (χ1v) is 8.92. The van der Waals surface area contributed by atoms with Crippen molar-refractivity contribution in [1.82, 2.24) is 9.97 Å². The Bertz CT molecular complexity index is 1160. The second kappa shape index (κ2) is 5.94. The third kappa shape index (κ3) is 2.59. The van der Waals surface area contributed by atoms with E-state index < -0.39 is 6.88 Å². The van der Waals surface area contributed by atoms with Crippen molar-refractivity contribution in [2.45, 2.75) is 40.0 Å².